The van der Waals surface area contributed by atoms with E-state index in [1.165, 1.54) is 0 Å². The molecule has 0 amide bonds. The third-order valence-corrected chi connectivity index (χ3v) is 3.43. The second-order valence-electron chi connectivity index (χ2n) is 3.78. The maximum Gasteiger partial charge on any atom is 0.211 e. The fraction of sp³-hybridized carbons (Fsp3) is 1.00. The second-order valence-corrected chi connectivity index (χ2v) is 5.65. The average molecular weight is 223 g/mol. The van der Waals surface area contributed by atoms with Crippen LogP contribution in [0.1, 0.15) is 40.0 Å². The van der Waals surface area contributed by atoms with E-state index in [9.17, 15) is 8.42 Å². The maximum absolute atomic E-state index is 11.4. The van der Waals surface area contributed by atoms with Gasteiger partial charge in [-0.15, -0.1) is 0 Å². The van der Waals surface area contributed by atoms with Crippen molar-refractivity contribution in [2.24, 2.45) is 0 Å². The standard InChI is InChI=1S/C9H21NO3S/c1-4-5-6-14(12,13)10-8(2)7-9(3)11/h8-11H,4-7H2,1-3H3. The smallest absolute Gasteiger partial charge is 0.211 e. The molecule has 0 fully saturated rings. The molecule has 0 spiro atoms. The molecule has 0 heterocycles. The molecule has 0 saturated carbocycles. The highest BCUT2D eigenvalue weighted by Gasteiger charge is 2.14. The molecule has 5 heteroatoms. The highest BCUT2D eigenvalue weighted by molar-refractivity contribution is 7.89. The molecule has 0 aromatic rings. The van der Waals surface area contributed by atoms with Crippen LogP contribution in [0.3, 0.4) is 0 Å². The van der Waals surface area contributed by atoms with Gasteiger partial charge < -0.3 is 5.11 Å². The molecular formula is C9H21NO3S. The van der Waals surface area contributed by atoms with E-state index >= 15 is 0 Å². The summed E-state index contributed by atoms with van der Waals surface area (Å²) in [5.74, 6) is 0.174. The van der Waals surface area contributed by atoms with Crippen LogP contribution >= 0.6 is 0 Å². The first kappa shape index (κ1) is 13.9. The third kappa shape index (κ3) is 7.29. The number of unbranched alkanes of at least 4 members (excludes halogenated alkanes) is 1. The lowest BCUT2D eigenvalue weighted by molar-refractivity contribution is 0.175. The Kier molecular flexibility index (Phi) is 6.31. The first-order valence-electron chi connectivity index (χ1n) is 5.05. The molecule has 2 N–H and O–H groups in total. The van der Waals surface area contributed by atoms with E-state index in [4.69, 9.17) is 5.11 Å². The minimum Gasteiger partial charge on any atom is -0.393 e. The molecule has 0 rings (SSSR count). The topological polar surface area (TPSA) is 66.4 Å². The Morgan fingerprint density at radius 1 is 1.36 bits per heavy atom. The Bertz CT molecular complexity index is 236. The molecule has 0 aromatic carbocycles. The molecular weight excluding hydrogens is 202 g/mol. The summed E-state index contributed by atoms with van der Waals surface area (Å²) in [6, 6.07) is -0.197. The number of hydrogen-bond donors (Lipinski definition) is 2. The van der Waals surface area contributed by atoms with Crippen LogP contribution in [0.15, 0.2) is 0 Å². The Morgan fingerprint density at radius 3 is 2.36 bits per heavy atom. The van der Waals surface area contributed by atoms with Crippen LogP contribution in [0.25, 0.3) is 0 Å². The van der Waals surface area contributed by atoms with Crippen LogP contribution in [0, 0.1) is 0 Å². The fourth-order valence-electron chi connectivity index (χ4n) is 1.26. The van der Waals surface area contributed by atoms with Gasteiger partial charge in [0, 0.05) is 6.04 Å². The van der Waals surface area contributed by atoms with E-state index in [-0.39, 0.29) is 11.8 Å². The number of rotatable bonds is 7. The minimum atomic E-state index is -3.15. The lowest BCUT2D eigenvalue weighted by atomic mass is 10.2. The van der Waals surface area contributed by atoms with Crippen molar-refractivity contribution in [3.63, 3.8) is 0 Å². The zero-order valence-corrected chi connectivity index (χ0v) is 9.97. The summed E-state index contributed by atoms with van der Waals surface area (Å²) >= 11 is 0. The Morgan fingerprint density at radius 2 is 1.93 bits per heavy atom. The monoisotopic (exact) mass is 223 g/mol. The predicted molar refractivity (Wildman–Crippen MR) is 57.6 cm³/mol. The molecule has 0 aromatic heterocycles. The van der Waals surface area contributed by atoms with Crippen molar-refractivity contribution < 1.29 is 13.5 Å². The first-order valence-corrected chi connectivity index (χ1v) is 6.70. The summed E-state index contributed by atoms with van der Waals surface area (Å²) in [5.41, 5.74) is 0. The van der Waals surface area contributed by atoms with Crippen LogP contribution < -0.4 is 4.72 Å². The molecule has 0 bridgehead atoms. The molecule has 0 aliphatic carbocycles. The number of aliphatic hydroxyl groups excluding tert-OH is 1. The summed E-state index contributed by atoms with van der Waals surface area (Å²) in [6.45, 7) is 5.36. The zero-order chi connectivity index (χ0) is 11.2. The van der Waals surface area contributed by atoms with E-state index < -0.39 is 16.1 Å². The molecule has 2 atom stereocenters. The molecule has 0 aliphatic heterocycles. The van der Waals surface area contributed by atoms with Crippen LogP contribution in [0.2, 0.25) is 0 Å². The van der Waals surface area contributed by atoms with E-state index in [2.05, 4.69) is 4.72 Å². The second kappa shape index (κ2) is 6.37. The molecule has 0 aliphatic rings. The first-order chi connectivity index (χ1) is 6.37. The van der Waals surface area contributed by atoms with Crippen LogP contribution in [0.5, 0.6) is 0 Å². The minimum absolute atomic E-state index is 0.174. The van der Waals surface area contributed by atoms with E-state index in [1.54, 1.807) is 13.8 Å². The van der Waals surface area contributed by atoms with Gasteiger partial charge in [-0.1, -0.05) is 13.3 Å². The Labute approximate surface area is 86.8 Å². The van der Waals surface area contributed by atoms with E-state index in [1.807, 2.05) is 6.92 Å². The molecule has 0 saturated heterocycles. The van der Waals surface area contributed by atoms with Gasteiger partial charge in [-0.3, -0.25) is 0 Å². The van der Waals surface area contributed by atoms with Gasteiger partial charge in [-0.05, 0) is 26.7 Å². The molecule has 4 nitrogen and oxygen atoms in total. The van der Waals surface area contributed by atoms with Crippen molar-refractivity contribution >= 4 is 10.0 Å². The van der Waals surface area contributed by atoms with Crippen molar-refractivity contribution in [3.8, 4) is 0 Å². The molecule has 14 heavy (non-hydrogen) atoms. The van der Waals surface area contributed by atoms with Gasteiger partial charge in [0.2, 0.25) is 10.0 Å². The van der Waals surface area contributed by atoms with Crippen LogP contribution in [-0.2, 0) is 10.0 Å². The zero-order valence-electron chi connectivity index (χ0n) is 9.16. The van der Waals surface area contributed by atoms with Gasteiger partial charge in [0.1, 0.15) is 0 Å². The highest BCUT2D eigenvalue weighted by atomic mass is 32.2. The Hall–Kier alpha value is -0.130. The number of hydrogen-bond acceptors (Lipinski definition) is 3. The summed E-state index contributed by atoms with van der Waals surface area (Å²) in [7, 11) is -3.15. The van der Waals surface area contributed by atoms with Crippen molar-refractivity contribution in [2.75, 3.05) is 5.75 Å². The maximum atomic E-state index is 11.4. The number of nitrogens with one attached hydrogen (secondary N) is 1. The number of sulfonamides is 1. The number of aliphatic hydroxyl groups is 1. The lowest BCUT2D eigenvalue weighted by Crippen LogP contribution is -2.36. The van der Waals surface area contributed by atoms with Gasteiger partial charge in [-0.2, -0.15) is 0 Å². The highest BCUT2D eigenvalue weighted by Crippen LogP contribution is 2.00. The fourth-order valence-corrected chi connectivity index (χ4v) is 2.76. The van der Waals surface area contributed by atoms with E-state index in [0.29, 0.717) is 12.8 Å². The van der Waals surface area contributed by atoms with Crippen LogP contribution in [-0.4, -0.2) is 31.4 Å². The van der Waals surface area contributed by atoms with Gasteiger partial charge in [0.25, 0.3) is 0 Å². The molecule has 86 valence electrons. The Balaban J connectivity index is 3.96. The molecule has 0 radical (unpaired) electrons. The summed E-state index contributed by atoms with van der Waals surface area (Å²) < 4.78 is 25.3. The largest absolute Gasteiger partial charge is 0.393 e. The normalized spacial score (nSPS) is 16.6. The van der Waals surface area contributed by atoms with Crippen molar-refractivity contribution in [1.82, 2.24) is 4.72 Å². The van der Waals surface area contributed by atoms with Gasteiger partial charge in [0.05, 0.1) is 11.9 Å². The molecule has 2 unspecified atom stereocenters. The SMILES string of the molecule is CCCCS(=O)(=O)NC(C)CC(C)O. The summed E-state index contributed by atoms with van der Waals surface area (Å²) in [4.78, 5) is 0. The van der Waals surface area contributed by atoms with Gasteiger partial charge >= 0.3 is 0 Å². The average Bonchev–Trinajstić information content (AvgIpc) is 1.98. The van der Waals surface area contributed by atoms with Gasteiger partial charge in [0.15, 0.2) is 0 Å². The van der Waals surface area contributed by atoms with Crippen LogP contribution in [0.4, 0.5) is 0 Å². The van der Waals surface area contributed by atoms with Gasteiger partial charge in [-0.25, -0.2) is 13.1 Å². The van der Waals surface area contributed by atoms with Crippen molar-refractivity contribution in [2.45, 2.75) is 52.2 Å². The lowest BCUT2D eigenvalue weighted by Gasteiger charge is -2.15. The summed E-state index contributed by atoms with van der Waals surface area (Å²) in [5, 5.41) is 9.06. The predicted octanol–water partition coefficient (Wildman–Crippen LogP) is 0.865. The van der Waals surface area contributed by atoms with E-state index in [0.717, 1.165) is 6.42 Å². The third-order valence-electron chi connectivity index (χ3n) is 1.84. The summed E-state index contributed by atoms with van der Waals surface area (Å²) in [6.07, 6.45) is 1.52. The van der Waals surface area contributed by atoms with Crippen molar-refractivity contribution in [1.29, 1.82) is 0 Å². The quantitative estimate of drug-likeness (QED) is 0.673. The van der Waals surface area contributed by atoms with Crippen molar-refractivity contribution in [3.05, 3.63) is 0 Å².